The van der Waals surface area contributed by atoms with Crippen LogP contribution >= 0.6 is 0 Å². The van der Waals surface area contributed by atoms with E-state index < -0.39 is 0 Å². The van der Waals surface area contributed by atoms with Gasteiger partial charge in [0, 0.05) is 12.5 Å². The van der Waals surface area contributed by atoms with Crippen molar-refractivity contribution in [2.24, 2.45) is 0 Å². The minimum Gasteiger partial charge on any atom is -0.310 e. The lowest BCUT2D eigenvalue weighted by Gasteiger charge is -2.19. The van der Waals surface area contributed by atoms with Crippen LogP contribution in [0.25, 0.3) is 0 Å². The number of aryl methyl sites for hydroxylation is 2. The SMILES string of the molecule is CC#CCCC(NCC)c1cc(C)nnc1CC. The molecule has 0 fully saturated rings. The van der Waals surface area contributed by atoms with Crippen LogP contribution in [0, 0.1) is 18.8 Å². The summed E-state index contributed by atoms with van der Waals surface area (Å²) in [7, 11) is 0. The van der Waals surface area contributed by atoms with Gasteiger partial charge in [0.15, 0.2) is 0 Å². The van der Waals surface area contributed by atoms with Crippen LogP contribution in [0.5, 0.6) is 0 Å². The smallest absolute Gasteiger partial charge is 0.0676 e. The lowest BCUT2D eigenvalue weighted by molar-refractivity contribution is 0.514. The summed E-state index contributed by atoms with van der Waals surface area (Å²) in [5, 5.41) is 12.0. The number of hydrogen-bond donors (Lipinski definition) is 1. The number of nitrogens with zero attached hydrogens (tertiary/aromatic N) is 2. The summed E-state index contributed by atoms with van der Waals surface area (Å²) in [6.45, 7) is 9.08. The topological polar surface area (TPSA) is 37.8 Å². The Hall–Kier alpha value is -1.40. The Balaban J connectivity index is 2.94. The highest BCUT2D eigenvalue weighted by molar-refractivity contribution is 5.25. The molecule has 0 aromatic carbocycles. The Morgan fingerprint density at radius 2 is 2.11 bits per heavy atom. The van der Waals surface area contributed by atoms with Gasteiger partial charge in [0.25, 0.3) is 0 Å². The maximum Gasteiger partial charge on any atom is 0.0676 e. The molecule has 0 saturated heterocycles. The monoisotopic (exact) mass is 245 g/mol. The van der Waals surface area contributed by atoms with Gasteiger partial charge >= 0.3 is 0 Å². The predicted molar refractivity (Wildman–Crippen MR) is 75.2 cm³/mol. The third-order valence-electron chi connectivity index (χ3n) is 2.92. The van der Waals surface area contributed by atoms with E-state index in [9.17, 15) is 0 Å². The molecule has 3 nitrogen and oxygen atoms in total. The molecule has 1 N–H and O–H groups in total. The molecule has 0 bridgehead atoms. The second-order valence-corrected chi connectivity index (χ2v) is 4.32. The van der Waals surface area contributed by atoms with Gasteiger partial charge in [-0.2, -0.15) is 10.2 Å². The summed E-state index contributed by atoms with van der Waals surface area (Å²) in [6.07, 6.45) is 2.86. The van der Waals surface area contributed by atoms with E-state index in [1.54, 1.807) is 0 Å². The summed E-state index contributed by atoms with van der Waals surface area (Å²) >= 11 is 0. The second kappa shape index (κ2) is 7.84. The molecule has 0 aliphatic carbocycles. The largest absolute Gasteiger partial charge is 0.310 e. The van der Waals surface area contributed by atoms with Crippen molar-refractivity contribution in [2.75, 3.05) is 6.54 Å². The van der Waals surface area contributed by atoms with E-state index in [2.05, 4.69) is 47.3 Å². The predicted octanol–water partition coefficient (Wildman–Crippen LogP) is 2.80. The molecule has 0 aliphatic rings. The lowest BCUT2D eigenvalue weighted by Crippen LogP contribution is -2.23. The quantitative estimate of drug-likeness (QED) is 0.783. The number of nitrogens with one attached hydrogen (secondary N) is 1. The van der Waals surface area contributed by atoms with E-state index in [0.717, 1.165) is 37.2 Å². The van der Waals surface area contributed by atoms with Gasteiger partial charge in [0.05, 0.1) is 11.4 Å². The van der Waals surface area contributed by atoms with Crippen LogP contribution in [0.1, 0.15) is 56.6 Å². The fraction of sp³-hybridized carbons (Fsp3) is 0.600. The van der Waals surface area contributed by atoms with Crippen molar-refractivity contribution in [3.63, 3.8) is 0 Å². The molecule has 1 aromatic rings. The van der Waals surface area contributed by atoms with Crippen molar-refractivity contribution in [1.82, 2.24) is 15.5 Å². The third-order valence-corrected chi connectivity index (χ3v) is 2.92. The first-order valence-electron chi connectivity index (χ1n) is 6.69. The summed E-state index contributed by atoms with van der Waals surface area (Å²) in [4.78, 5) is 0. The Morgan fingerprint density at radius 1 is 1.33 bits per heavy atom. The summed E-state index contributed by atoms with van der Waals surface area (Å²) < 4.78 is 0. The average molecular weight is 245 g/mol. The standard InChI is InChI=1S/C15H23N3/c1-5-8-9-10-15(16-7-3)13-11-12(4)17-18-14(13)6-2/h11,15-16H,6-7,9-10H2,1-4H3. The first-order valence-corrected chi connectivity index (χ1v) is 6.69. The molecule has 1 rings (SSSR count). The highest BCUT2D eigenvalue weighted by Gasteiger charge is 2.15. The van der Waals surface area contributed by atoms with Crippen LogP contribution in [-0.2, 0) is 6.42 Å². The minimum atomic E-state index is 0.333. The van der Waals surface area contributed by atoms with Crippen LogP contribution in [0.2, 0.25) is 0 Å². The van der Waals surface area contributed by atoms with Crippen molar-refractivity contribution in [2.45, 2.75) is 53.0 Å². The van der Waals surface area contributed by atoms with E-state index in [-0.39, 0.29) is 0 Å². The minimum absolute atomic E-state index is 0.333. The Labute approximate surface area is 110 Å². The molecule has 3 heteroatoms. The maximum absolute atomic E-state index is 4.30. The molecule has 1 atom stereocenters. The van der Waals surface area contributed by atoms with E-state index >= 15 is 0 Å². The van der Waals surface area contributed by atoms with Crippen LogP contribution in [-0.4, -0.2) is 16.7 Å². The third kappa shape index (κ3) is 4.12. The Kier molecular flexibility index (Phi) is 6.38. The molecule has 18 heavy (non-hydrogen) atoms. The van der Waals surface area contributed by atoms with Crippen molar-refractivity contribution in [1.29, 1.82) is 0 Å². The molecular weight excluding hydrogens is 222 g/mol. The molecule has 0 spiro atoms. The summed E-state index contributed by atoms with van der Waals surface area (Å²) in [5.41, 5.74) is 3.35. The van der Waals surface area contributed by atoms with Gasteiger partial charge in [-0.3, -0.25) is 0 Å². The normalized spacial score (nSPS) is 11.8. The summed E-state index contributed by atoms with van der Waals surface area (Å²) in [6, 6.07) is 2.48. The van der Waals surface area contributed by atoms with Crippen LogP contribution in [0.3, 0.4) is 0 Å². The Morgan fingerprint density at radius 3 is 2.72 bits per heavy atom. The molecule has 98 valence electrons. The number of rotatable bonds is 6. The van der Waals surface area contributed by atoms with E-state index in [4.69, 9.17) is 0 Å². The first-order chi connectivity index (χ1) is 8.72. The molecule has 1 unspecified atom stereocenters. The number of hydrogen-bond acceptors (Lipinski definition) is 3. The fourth-order valence-corrected chi connectivity index (χ4v) is 2.07. The van der Waals surface area contributed by atoms with Crippen LogP contribution in [0.4, 0.5) is 0 Å². The van der Waals surface area contributed by atoms with Crippen molar-refractivity contribution >= 4 is 0 Å². The van der Waals surface area contributed by atoms with Crippen LogP contribution < -0.4 is 5.32 Å². The molecule has 0 amide bonds. The van der Waals surface area contributed by atoms with Gasteiger partial charge in [0.1, 0.15) is 0 Å². The molecule has 0 radical (unpaired) electrons. The van der Waals surface area contributed by atoms with Gasteiger partial charge in [-0.05, 0) is 44.9 Å². The van der Waals surface area contributed by atoms with E-state index in [1.165, 1.54) is 5.56 Å². The van der Waals surface area contributed by atoms with Gasteiger partial charge in [-0.1, -0.05) is 13.8 Å². The summed E-state index contributed by atoms with van der Waals surface area (Å²) in [5.74, 6) is 6.08. The zero-order chi connectivity index (χ0) is 13.4. The second-order valence-electron chi connectivity index (χ2n) is 4.32. The van der Waals surface area contributed by atoms with E-state index in [1.807, 2.05) is 13.8 Å². The van der Waals surface area contributed by atoms with Gasteiger partial charge in [0.2, 0.25) is 0 Å². The van der Waals surface area contributed by atoms with Crippen molar-refractivity contribution in [3.8, 4) is 11.8 Å². The van der Waals surface area contributed by atoms with Gasteiger partial charge < -0.3 is 5.32 Å². The van der Waals surface area contributed by atoms with Gasteiger partial charge in [-0.15, -0.1) is 11.8 Å². The molecule has 1 aromatic heterocycles. The van der Waals surface area contributed by atoms with E-state index in [0.29, 0.717) is 6.04 Å². The first kappa shape index (κ1) is 14.7. The maximum atomic E-state index is 4.30. The van der Waals surface area contributed by atoms with Crippen molar-refractivity contribution < 1.29 is 0 Å². The zero-order valence-corrected chi connectivity index (χ0v) is 11.9. The molecule has 1 heterocycles. The average Bonchev–Trinajstić information content (AvgIpc) is 2.38. The molecular formula is C15H23N3. The Bertz CT molecular complexity index is 429. The fourth-order valence-electron chi connectivity index (χ4n) is 2.07. The number of aromatic nitrogens is 2. The zero-order valence-electron chi connectivity index (χ0n) is 11.9. The molecule has 0 aliphatic heterocycles. The van der Waals surface area contributed by atoms with Crippen molar-refractivity contribution in [3.05, 3.63) is 23.0 Å². The van der Waals surface area contributed by atoms with Gasteiger partial charge in [-0.25, -0.2) is 0 Å². The highest BCUT2D eigenvalue weighted by atomic mass is 15.1. The lowest BCUT2D eigenvalue weighted by atomic mass is 9.99. The highest BCUT2D eigenvalue weighted by Crippen LogP contribution is 2.21. The molecule has 0 saturated carbocycles. The van der Waals surface area contributed by atoms with Crippen LogP contribution in [0.15, 0.2) is 6.07 Å².